The van der Waals surface area contributed by atoms with Gasteiger partial charge in [0.1, 0.15) is 0 Å². The van der Waals surface area contributed by atoms with Crippen molar-refractivity contribution in [3.8, 4) is 0 Å². The minimum absolute atomic E-state index is 0.0371. The predicted octanol–water partition coefficient (Wildman–Crippen LogP) is 0.899. The van der Waals surface area contributed by atoms with Gasteiger partial charge in [0.15, 0.2) is 0 Å². The first-order chi connectivity index (χ1) is 10.1. The van der Waals surface area contributed by atoms with Crippen LogP contribution in [0.1, 0.15) is 30.4 Å². The van der Waals surface area contributed by atoms with Crippen molar-refractivity contribution in [2.24, 2.45) is 5.73 Å². The molecule has 0 bridgehead atoms. The molecule has 2 amide bonds. The maximum Gasteiger partial charge on any atom is 0.239 e. The van der Waals surface area contributed by atoms with E-state index in [9.17, 15) is 9.59 Å². The maximum atomic E-state index is 11.7. The number of rotatable bonds is 9. The van der Waals surface area contributed by atoms with Gasteiger partial charge in [0.25, 0.3) is 0 Å². The monoisotopic (exact) mass is 291 g/mol. The Morgan fingerprint density at radius 2 is 1.76 bits per heavy atom. The van der Waals surface area contributed by atoms with Crippen LogP contribution in [0, 0.1) is 6.92 Å². The standard InChI is InChI=1S/C16H25N3O2/c1-13-4-6-14(7-5-13)8-9-15(20)19-12-16(21)18-11-3-2-10-17/h4-7H,2-3,8-12,17H2,1H3,(H,18,21)(H,19,20). The minimum atomic E-state index is -0.157. The third-order valence-corrected chi connectivity index (χ3v) is 3.16. The van der Waals surface area contributed by atoms with Gasteiger partial charge >= 0.3 is 0 Å². The van der Waals surface area contributed by atoms with Gasteiger partial charge in [-0.25, -0.2) is 0 Å². The Kier molecular flexibility index (Phi) is 8.12. The minimum Gasteiger partial charge on any atom is -0.355 e. The summed E-state index contributed by atoms with van der Waals surface area (Å²) in [6.45, 7) is 3.30. The average molecular weight is 291 g/mol. The van der Waals surface area contributed by atoms with E-state index in [0.717, 1.165) is 18.4 Å². The highest BCUT2D eigenvalue weighted by molar-refractivity contribution is 5.84. The molecule has 0 aliphatic carbocycles. The van der Waals surface area contributed by atoms with Gasteiger partial charge in [0.05, 0.1) is 6.54 Å². The molecule has 0 aliphatic rings. The first-order valence-electron chi connectivity index (χ1n) is 7.41. The average Bonchev–Trinajstić information content (AvgIpc) is 2.49. The summed E-state index contributed by atoms with van der Waals surface area (Å²) in [5.41, 5.74) is 7.69. The number of aryl methyl sites for hydroxylation is 2. The van der Waals surface area contributed by atoms with Gasteiger partial charge in [-0.05, 0) is 38.3 Å². The normalized spacial score (nSPS) is 10.2. The SMILES string of the molecule is Cc1ccc(CCC(=O)NCC(=O)NCCCCN)cc1. The molecule has 0 spiro atoms. The molecule has 0 aromatic heterocycles. The smallest absolute Gasteiger partial charge is 0.239 e. The molecule has 0 aliphatic heterocycles. The number of hydrogen-bond acceptors (Lipinski definition) is 3. The number of hydrogen-bond donors (Lipinski definition) is 3. The van der Waals surface area contributed by atoms with Crippen LogP contribution < -0.4 is 16.4 Å². The molecule has 1 aromatic rings. The quantitative estimate of drug-likeness (QED) is 0.591. The van der Waals surface area contributed by atoms with Crippen molar-refractivity contribution < 1.29 is 9.59 Å². The molecule has 0 fully saturated rings. The van der Waals surface area contributed by atoms with Crippen LogP contribution in [0.3, 0.4) is 0 Å². The highest BCUT2D eigenvalue weighted by Crippen LogP contribution is 2.05. The van der Waals surface area contributed by atoms with Crippen LogP contribution in [0.5, 0.6) is 0 Å². The van der Waals surface area contributed by atoms with Crippen molar-refractivity contribution in [2.45, 2.75) is 32.6 Å². The molecular formula is C16H25N3O2. The molecule has 116 valence electrons. The molecule has 0 saturated heterocycles. The Hall–Kier alpha value is -1.88. The summed E-state index contributed by atoms with van der Waals surface area (Å²) in [7, 11) is 0. The Bertz CT molecular complexity index is 443. The van der Waals surface area contributed by atoms with Crippen LogP contribution in [-0.2, 0) is 16.0 Å². The molecule has 0 radical (unpaired) electrons. The van der Waals surface area contributed by atoms with Gasteiger partial charge in [0.2, 0.25) is 11.8 Å². The molecule has 0 saturated carbocycles. The molecule has 0 heterocycles. The number of nitrogens with one attached hydrogen (secondary N) is 2. The lowest BCUT2D eigenvalue weighted by molar-refractivity contribution is -0.126. The third-order valence-electron chi connectivity index (χ3n) is 3.16. The van der Waals surface area contributed by atoms with Crippen LogP contribution in [0.25, 0.3) is 0 Å². The van der Waals surface area contributed by atoms with Crippen LogP contribution in [0.15, 0.2) is 24.3 Å². The lowest BCUT2D eigenvalue weighted by atomic mass is 10.1. The topological polar surface area (TPSA) is 84.2 Å². The van der Waals surface area contributed by atoms with E-state index in [0.29, 0.717) is 25.9 Å². The summed E-state index contributed by atoms with van der Waals surface area (Å²) >= 11 is 0. The van der Waals surface area contributed by atoms with Gasteiger partial charge in [-0.1, -0.05) is 29.8 Å². The fourth-order valence-electron chi connectivity index (χ4n) is 1.84. The third kappa shape index (κ3) is 8.09. The van der Waals surface area contributed by atoms with Crippen LogP contribution >= 0.6 is 0 Å². The van der Waals surface area contributed by atoms with Crippen molar-refractivity contribution in [3.63, 3.8) is 0 Å². The summed E-state index contributed by atoms with van der Waals surface area (Å²) in [5, 5.41) is 5.37. The van der Waals surface area contributed by atoms with Crippen molar-refractivity contribution >= 4 is 11.8 Å². The number of carbonyl (C=O) groups is 2. The highest BCUT2D eigenvalue weighted by Gasteiger charge is 2.05. The van der Waals surface area contributed by atoms with Gasteiger partial charge in [0, 0.05) is 13.0 Å². The number of amides is 2. The highest BCUT2D eigenvalue weighted by atomic mass is 16.2. The van der Waals surface area contributed by atoms with E-state index < -0.39 is 0 Å². The lowest BCUT2D eigenvalue weighted by Gasteiger charge is -2.07. The van der Waals surface area contributed by atoms with E-state index in [4.69, 9.17) is 5.73 Å². The zero-order chi connectivity index (χ0) is 15.5. The first-order valence-corrected chi connectivity index (χ1v) is 7.41. The van der Waals surface area contributed by atoms with E-state index in [1.165, 1.54) is 5.56 Å². The second-order valence-electron chi connectivity index (χ2n) is 5.11. The molecule has 0 unspecified atom stereocenters. The summed E-state index contributed by atoms with van der Waals surface area (Å²) in [6, 6.07) is 8.10. The van der Waals surface area contributed by atoms with E-state index in [1.807, 2.05) is 31.2 Å². The number of carbonyl (C=O) groups excluding carboxylic acids is 2. The molecule has 5 heteroatoms. The van der Waals surface area contributed by atoms with Crippen molar-refractivity contribution in [2.75, 3.05) is 19.6 Å². The van der Waals surface area contributed by atoms with E-state index >= 15 is 0 Å². The second kappa shape index (κ2) is 9.94. The Balaban J connectivity index is 2.13. The van der Waals surface area contributed by atoms with Gasteiger partial charge in [-0.15, -0.1) is 0 Å². The zero-order valence-corrected chi connectivity index (χ0v) is 12.7. The second-order valence-corrected chi connectivity index (χ2v) is 5.11. The van der Waals surface area contributed by atoms with Gasteiger partial charge in [-0.2, -0.15) is 0 Å². The van der Waals surface area contributed by atoms with Crippen molar-refractivity contribution in [1.82, 2.24) is 10.6 Å². The largest absolute Gasteiger partial charge is 0.355 e. The summed E-state index contributed by atoms with van der Waals surface area (Å²) < 4.78 is 0. The number of nitrogens with two attached hydrogens (primary N) is 1. The van der Waals surface area contributed by atoms with Gasteiger partial charge < -0.3 is 16.4 Å². The Morgan fingerprint density at radius 3 is 2.43 bits per heavy atom. The fourth-order valence-corrected chi connectivity index (χ4v) is 1.84. The fraction of sp³-hybridized carbons (Fsp3) is 0.500. The molecule has 4 N–H and O–H groups in total. The Labute approximate surface area is 126 Å². The van der Waals surface area contributed by atoms with Crippen LogP contribution in [-0.4, -0.2) is 31.4 Å². The number of benzene rings is 1. The maximum absolute atomic E-state index is 11.7. The molecule has 5 nitrogen and oxygen atoms in total. The predicted molar refractivity (Wildman–Crippen MR) is 83.8 cm³/mol. The molecular weight excluding hydrogens is 266 g/mol. The van der Waals surface area contributed by atoms with Crippen molar-refractivity contribution in [1.29, 1.82) is 0 Å². The van der Waals surface area contributed by atoms with Crippen molar-refractivity contribution in [3.05, 3.63) is 35.4 Å². The Morgan fingerprint density at radius 1 is 1.05 bits per heavy atom. The summed E-state index contributed by atoms with van der Waals surface area (Å²) in [5.74, 6) is -0.261. The zero-order valence-electron chi connectivity index (χ0n) is 12.7. The lowest BCUT2D eigenvalue weighted by Crippen LogP contribution is -2.37. The van der Waals surface area contributed by atoms with Crippen LogP contribution in [0.4, 0.5) is 0 Å². The number of unbranched alkanes of at least 4 members (excludes halogenated alkanes) is 1. The summed E-state index contributed by atoms with van der Waals surface area (Å²) in [6.07, 6.45) is 2.83. The first kappa shape index (κ1) is 17.2. The molecule has 1 aromatic carbocycles. The molecule has 1 rings (SSSR count). The van der Waals surface area contributed by atoms with E-state index in [2.05, 4.69) is 10.6 Å². The molecule has 21 heavy (non-hydrogen) atoms. The van der Waals surface area contributed by atoms with Gasteiger partial charge in [-0.3, -0.25) is 9.59 Å². The molecule has 0 atom stereocenters. The van der Waals surface area contributed by atoms with E-state index in [1.54, 1.807) is 0 Å². The van der Waals surface area contributed by atoms with E-state index in [-0.39, 0.29) is 18.4 Å². The summed E-state index contributed by atoms with van der Waals surface area (Å²) in [4.78, 5) is 23.1. The van der Waals surface area contributed by atoms with Crippen LogP contribution in [0.2, 0.25) is 0 Å².